The molecule has 0 saturated heterocycles. The zero-order valence-corrected chi connectivity index (χ0v) is 12.5. The van der Waals surface area contributed by atoms with Crippen molar-refractivity contribution in [3.05, 3.63) is 48.3 Å². The quantitative estimate of drug-likeness (QED) is 0.851. The van der Waals surface area contributed by atoms with E-state index in [0.29, 0.717) is 5.92 Å². The maximum Gasteiger partial charge on any atom is 0.244 e. The Kier molecular flexibility index (Phi) is 4.27. The lowest BCUT2D eigenvalue weighted by Gasteiger charge is -2.35. The third kappa shape index (κ3) is 3.58. The van der Waals surface area contributed by atoms with Crippen LogP contribution in [0, 0.1) is 12.8 Å². The lowest BCUT2D eigenvalue weighted by atomic mass is 9.80. The molecule has 2 aromatic heterocycles. The van der Waals surface area contributed by atoms with Crippen molar-refractivity contribution >= 4 is 12.0 Å². The largest absolute Gasteiger partial charge is 0.350 e. The molecule has 0 radical (unpaired) electrons. The smallest absolute Gasteiger partial charge is 0.244 e. The second-order valence-corrected chi connectivity index (χ2v) is 5.73. The van der Waals surface area contributed by atoms with Crippen LogP contribution in [0.5, 0.6) is 0 Å². The van der Waals surface area contributed by atoms with Gasteiger partial charge in [-0.3, -0.25) is 14.5 Å². The molecule has 1 N–H and O–H groups in total. The van der Waals surface area contributed by atoms with Gasteiger partial charge in [0.1, 0.15) is 12.7 Å². The van der Waals surface area contributed by atoms with Gasteiger partial charge in [-0.15, -0.1) is 0 Å². The number of aryl methyl sites for hydroxylation is 1. The van der Waals surface area contributed by atoms with Crippen LogP contribution in [0.1, 0.15) is 24.0 Å². The first-order valence-corrected chi connectivity index (χ1v) is 7.42. The minimum atomic E-state index is -0.0486. The van der Waals surface area contributed by atoms with Crippen molar-refractivity contribution in [2.45, 2.75) is 32.4 Å². The fourth-order valence-corrected chi connectivity index (χ4v) is 2.66. The van der Waals surface area contributed by atoms with Gasteiger partial charge < -0.3 is 5.32 Å². The van der Waals surface area contributed by atoms with Gasteiger partial charge in [0.15, 0.2) is 0 Å². The second-order valence-electron chi connectivity index (χ2n) is 5.73. The molecule has 0 aliphatic heterocycles. The normalized spacial score (nSPS) is 20.8. The van der Waals surface area contributed by atoms with Crippen molar-refractivity contribution in [1.29, 1.82) is 0 Å². The molecule has 1 aliphatic carbocycles. The molecule has 2 aromatic rings. The fourth-order valence-electron chi connectivity index (χ4n) is 2.66. The van der Waals surface area contributed by atoms with Crippen molar-refractivity contribution in [1.82, 2.24) is 25.1 Å². The molecule has 0 aromatic carbocycles. The van der Waals surface area contributed by atoms with Gasteiger partial charge in [0, 0.05) is 31.1 Å². The number of nitrogens with zero attached hydrogens (tertiary/aromatic N) is 4. The molecule has 0 atom stereocenters. The lowest BCUT2D eigenvalue weighted by Crippen LogP contribution is -2.44. The molecular formula is C16H19N5O. The highest BCUT2D eigenvalue weighted by atomic mass is 16.1. The number of pyridine rings is 1. The molecule has 1 aliphatic rings. The Labute approximate surface area is 129 Å². The number of amides is 1. The van der Waals surface area contributed by atoms with Crippen LogP contribution in [0.2, 0.25) is 0 Å². The summed E-state index contributed by atoms with van der Waals surface area (Å²) in [4.78, 5) is 19.9. The monoisotopic (exact) mass is 297 g/mol. The molecule has 114 valence electrons. The summed E-state index contributed by atoms with van der Waals surface area (Å²) in [6, 6.07) is 2.19. The highest BCUT2D eigenvalue weighted by Gasteiger charge is 2.30. The van der Waals surface area contributed by atoms with Gasteiger partial charge in [-0.2, -0.15) is 5.10 Å². The number of hydrogen-bond donors (Lipinski definition) is 1. The maximum absolute atomic E-state index is 11.9. The highest BCUT2D eigenvalue weighted by Crippen LogP contribution is 2.28. The van der Waals surface area contributed by atoms with Crippen LogP contribution < -0.4 is 5.32 Å². The van der Waals surface area contributed by atoms with E-state index in [0.717, 1.165) is 30.5 Å². The number of nitrogens with one attached hydrogen (secondary N) is 1. The van der Waals surface area contributed by atoms with Crippen LogP contribution in [-0.4, -0.2) is 31.7 Å². The van der Waals surface area contributed by atoms with Crippen molar-refractivity contribution in [2.24, 2.45) is 5.92 Å². The predicted octanol–water partition coefficient (Wildman–Crippen LogP) is 1.59. The van der Waals surface area contributed by atoms with Crippen LogP contribution >= 0.6 is 0 Å². The zero-order valence-electron chi connectivity index (χ0n) is 12.5. The number of rotatable bonds is 5. The van der Waals surface area contributed by atoms with E-state index in [1.807, 2.05) is 23.7 Å². The van der Waals surface area contributed by atoms with Crippen LogP contribution in [-0.2, 0) is 11.3 Å². The van der Waals surface area contributed by atoms with Gasteiger partial charge >= 0.3 is 0 Å². The molecule has 3 rings (SSSR count). The van der Waals surface area contributed by atoms with E-state index in [1.165, 1.54) is 0 Å². The summed E-state index contributed by atoms with van der Waals surface area (Å²) in [7, 11) is 0. The number of aromatic nitrogens is 4. The minimum absolute atomic E-state index is 0.0486. The van der Waals surface area contributed by atoms with E-state index in [1.54, 1.807) is 31.1 Å². The van der Waals surface area contributed by atoms with Gasteiger partial charge in [-0.05, 0) is 49.0 Å². The predicted molar refractivity (Wildman–Crippen MR) is 82.7 cm³/mol. The van der Waals surface area contributed by atoms with Gasteiger partial charge in [-0.25, -0.2) is 4.98 Å². The van der Waals surface area contributed by atoms with Gasteiger partial charge in [0.05, 0.1) is 0 Å². The SMILES string of the molecule is Cc1ccncc1/C=C/C(=O)NC1CC(Cn2cncn2)C1. The minimum Gasteiger partial charge on any atom is -0.350 e. The van der Waals surface area contributed by atoms with Crippen LogP contribution in [0.15, 0.2) is 37.2 Å². The van der Waals surface area contributed by atoms with Crippen molar-refractivity contribution in [3.8, 4) is 0 Å². The second kappa shape index (κ2) is 6.51. The van der Waals surface area contributed by atoms with E-state index in [9.17, 15) is 4.79 Å². The average Bonchev–Trinajstić information content (AvgIpc) is 2.97. The summed E-state index contributed by atoms with van der Waals surface area (Å²) in [5.74, 6) is 0.518. The van der Waals surface area contributed by atoms with E-state index in [-0.39, 0.29) is 11.9 Å². The molecule has 2 heterocycles. The van der Waals surface area contributed by atoms with E-state index >= 15 is 0 Å². The van der Waals surface area contributed by atoms with Crippen molar-refractivity contribution in [3.63, 3.8) is 0 Å². The Hall–Kier alpha value is -2.50. The molecular weight excluding hydrogens is 278 g/mol. The summed E-state index contributed by atoms with van der Waals surface area (Å²) in [5.41, 5.74) is 2.07. The molecule has 0 unspecified atom stereocenters. The fraction of sp³-hybridized carbons (Fsp3) is 0.375. The Bertz CT molecular complexity index is 659. The summed E-state index contributed by atoms with van der Waals surface area (Å²) in [6.45, 7) is 2.87. The highest BCUT2D eigenvalue weighted by molar-refractivity contribution is 5.92. The molecule has 1 fully saturated rings. The summed E-state index contributed by atoms with van der Waals surface area (Å²) in [6.07, 6.45) is 12.1. The van der Waals surface area contributed by atoms with Gasteiger partial charge in [-0.1, -0.05) is 0 Å². The Morgan fingerprint density at radius 1 is 1.45 bits per heavy atom. The van der Waals surface area contributed by atoms with Gasteiger partial charge in [0.2, 0.25) is 5.91 Å². The molecule has 1 amide bonds. The van der Waals surface area contributed by atoms with Crippen LogP contribution in [0.4, 0.5) is 0 Å². The number of carbonyl (C=O) groups excluding carboxylic acids is 1. The topological polar surface area (TPSA) is 72.7 Å². The Balaban J connectivity index is 1.43. The molecule has 0 spiro atoms. The zero-order chi connectivity index (χ0) is 15.4. The van der Waals surface area contributed by atoms with Crippen LogP contribution in [0.3, 0.4) is 0 Å². The Morgan fingerprint density at radius 3 is 3.05 bits per heavy atom. The number of hydrogen-bond acceptors (Lipinski definition) is 4. The first kappa shape index (κ1) is 14.4. The van der Waals surface area contributed by atoms with E-state index in [2.05, 4.69) is 20.4 Å². The first-order valence-electron chi connectivity index (χ1n) is 7.42. The number of carbonyl (C=O) groups is 1. The lowest BCUT2D eigenvalue weighted by molar-refractivity contribution is -0.118. The Morgan fingerprint density at radius 2 is 2.32 bits per heavy atom. The maximum atomic E-state index is 11.9. The first-order chi connectivity index (χ1) is 10.7. The molecule has 1 saturated carbocycles. The van der Waals surface area contributed by atoms with Gasteiger partial charge in [0.25, 0.3) is 0 Å². The molecule has 6 nitrogen and oxygen atoms in total. The van der Waals surface area contributed by atoms with E-state index in [4.69, 9.17) is 0 Å². The molecule has 0 bridgehead atoms. The van der Waals surface area contributed by atoms with E-state index < -0.39 is 0 Å². The van der Waals surface area contributed by atoms with Crippen molar-refractivity contribution in [2.75, 3.05) is 0 Å². The average molecular weight is 297 g/mol. The van der Waals surface area contributed by atoms with Crippen molar-refractivity contribution < 1.29 is 4.79 Å². The molecule has 6 heteroatoms. The standard InChI is InChI=1S/C16H19N5O/c1-12-4-5-17-8-14(12)2-3-16(22)20-15-6-13(7-15)9-21-11-18-10-19-21/h2-5,8,10-11,13,15H,6-7,9H2,1H3,(H,20,22)/b3-2+. The van der Waals surface area contributed by atoms with Crippen LogP contribution in [0.25, 0.3) is 6.08 Å². The summed E-state index contributed by atoms with van der Waals surface area (Å²) >= 11 is 0. The third-order valence-electron chi connectivity index (χ3n) is 3.99. The summed E-state index contributed by atoms with van der Waals surface area (Å²) < 4.78 is 1.84. The molecule has 22 heavy (non-hydrogen) atoms. The third-order valence-corrected chi connectivity index (χ3v) is 3.99. The summed E-state index contributed by atoms with van der Waals surface area (Å²) in [5, 5.41) is 7.12.